The van der Waals surface area contributed by atoms with Crippen LogP contribution in [0.15, 0.2) is 11.1 Å². The lowest BCUT2D eigenvalue weighted by Gasteiger charge is -2.33. The van der Waals surface area contributed by atoms with Gasteiger partial charge in [-0.25, -0.2) is 8.42 Å². The number of nitrogens with zero attached hydrogens (tertiary/aromatic N) is 6. The molecule has 0 saturated carbocycles. The molecule has 0 amide bonds. The van der Waals surface area contributed by atoms with Crippen molar-refractivity contribution >= 4 is 10.0 Å². The van der Waals surface area contributed by atoms with E-state index in [0.29, 0.717) is 42.5 Å². The number of piperazine rings is 1. The molecule has 0 aliphatic carbocycles. The van der Waals surface area contributed by atoms with Gasteiger partial charge in [0, 0.05) is 57.6 Å². The van der Waals surface area contributed by atoms with Crippen LogP contribution >= 0.6 is 0 Å². The molecular formula is C17H28N6O2S. The molecule has 0 atom stereocenters. The average Bonchev–Trinajstić information content (AvgIpc) is 3.07. The van der Waals surface area contributed by atoms with Gasteiger partial charge in [0.1, 0.15) is 4.90 Å². The number of sulfonamides is 1. The van der Waals surface area contributed by atoms with Crippen LogP contribution in [0, 0.1) is 20.8 Å². The summed E-state index contributed by atoms with van der Waals surface area (Å²) in [6.07, 6.45) is 1.92. The topological polar surface area (TPSA) is 76.3 Å². The maximum absolute atomic E-state index is 13.0. The Bertz CT molecular complexity index is 891. The number of hydrogen-bond acceptors (Lipinski definition) is 5. The first kappa shape index (κ1) is 19.1. The minimum Gasteiger partial charge on any atom is -0.296 e. The van der Waals surface area contributed by atoms with E-state index >= 15 is 0 Å². The Hall–Kier alpha value is -1.71. The molecule has 2 aromatic rings. The van der Waals surface area contributed by atoms with E-state index in [4.69, 9.17) is 0 Å². The van der Waals surface area contributed by atoms with Gasteiger partial charge in [0.15, 0.2) is 0 Å². The molecule has 0 bridgehead atoms. The molecule has 2 aromatic heterocycles. The zero-order chi connectivity index (χ0) is 19.1. The Kier molecular flexibility index (Phi) is 5.23. The lowest BCUT2D eigenvalue weighted by molar-refractivity contribution is 0.181. The average molecular weight is 381 g/mol. The molecule has 1 fully saturated rings. The van der Waals surface area contributed by atoms with Crippen LogP contribution in [0.3, 0.4) is 0 Å². The SMILES string of the molecule is CCn1ncc(CN2CCN(S(=O)(=O)c3c(C)nn(C)c3C)CC2)c1C. The fraction of sp³-hybridized carbons (Fsp3) is 0.647. The van der Waals surface area contributed by atoms with Crippen molar-refractivity contribution in [2.45, 2.75) is 45.7 Å². The monoisotopic (exact) mass is 380 g/mol. The number of hydrogen-bond donors (Lipinski definition) is 0. The van der Waals surface area contributed by atoms with Crippen molar-refractivity contribution in [3.63, 3.8) is 0 Å². The van der Waals surface area contributed by atoms with Gasteiger partial charge in [-0.05, 0) is 27.7 Å². The van der Waals surface area contributed by atoms with Crippen molar-refractivity contribution in [1.82, 2.24) is 28.8 Å². The summed E-state index contributed by atoms with van der Waals surface area (Å²) < 4.78 is 31.3. The minimum absolute atomic E-state index is 0.355. The third-order valence-corrected chi connectivity index (χ3v) is 7.42. The molecular weight excluding hydrogens is 352 g/mol. The van der Waals surface area contributed by atoms with Gasteiger partial charge in [-0.1, -0.05) is 0 Å². The van der Waals surface area contributed by atoms with Crippen LogP contribution in [-0.4, -0.2) is 63.4 Å². The summed E-state index contributed by atoms with van der Waals surface area (Å²) in [5.74, 6) is 0. The van der Waals surface area contributed by atoms with Gasteiger partial charge in [-0.3, -0.25) is 14.3 Å². The number of aryl methyl sites for hydroxylation is 3. The standard InChI is InChI=1S/C17H28N6O2S/c1-6-23-14(3)16(11-18-23)12-21-7-9-22(10-8-21)26(24,25)17-13(2)19-20(5)15(17)4/h11H,6-10,12H2,1-5H3. The van der Waals surface area contributed by atoms with Crippen molar-refractivity contribution in [2.24, 2.45) is 7.05 Å². The van der Waals surface area contributed by atoms with E-state index in [1.165, 1.54) is 11.3 Å². The van der Waals surface area contributed by atoms with Gasteiger partial charge < -0.3 is 0 Å². The Labute approximate surface area is 155 Å². The third kappa shape index (κ3) is 3.30. The molecule has 144 valence electrons. The van der Waals surface area contributed by atoms with E-state index in [9.17, 15) is 8.42 Å². The molecule has 8 nitrogen and oxygen atoms in total. The maximum Gasteiger partial charge on any atom is 0.246 e. The molecule has 0 unspecified atom stereocenters. The summed E-state index contributed by atoms with van der Waals surface area (Å²) in [5, 5.41) is 8.64. The summed E-state index contributed by atoms with van der Waals surface area (Å²) in [4.78, 5) is 2.65. The van der Waals surface area contributed by atoms with Crippen molar-refractivity contribution in [1.29, 1.82) is 0 Å². The molecule has 3 heterocycles. The predicted molar refractivity (Wildman–Crippen MR) is 99.4 cm³/mol. The summed E-state index contributed by atoms with van der Waals surface area (Å²) in [5.41, 5.74) is 3.65. The van der Waals surface area contributed by atoms with Gasteiger partial charge in [0.2, 0.25) is 10.0 Å². The fourth-order valence-electron chi connectivity index (χ4n) is 3.58. The van der Waals surface area contributed by atoms with Crippen LogP contribution in [0.25, 0.3) is 0 Å². The van der Waals surface area contributed by atoms with Crippen molar-refractivity contribution in [2.75, 3.05) is 26.2 Å². The Balaban J connectivity index is 1.69. The summed E-state index contributed by atoms with van der Waals surface area (Å²) >= 11 is 0. The summed E-state index contributed by atoms with van der Waals surface area (Å²) in [6, 6.07) is 0. The van der Waals surface area contributed by atoms with Crippen LogP contribution in [0.4, 0.5) is 0 Å². The first-order chi connectivity index (χ1) is 12.3. The molecule has 0 N–H and O–H groups in total. The summed E-state index contributed by atoms with van der Waals surface area (Å²) in [6.45, 7) is 11.8. The number of rotatable bonds is 5. The van der Waals surface area contributed by atoms with Crippen LogP contribution in [0.1, 0.15) is 29.6 Å². The van der Waals surface area contributed by atoms with Gasteiger partial charge in [0.05, 0.1) is 17.6 Å². The highest BCUT2D eigenvalue weighted by Gasteiger charge is 2.33. The van der Waals surface area contributed by atoms with Crippen molar-refractivity contribution in [3.8, 4) is 0 Å². The van der Waals surface area contributed by atoms with Crippen LogP contribution in [0.2, 0.25) is 0 Å². The highest BCUT2D eigenvalue weighted by molar-refractivity contribution is 7.89. The second-order valence-corrected chi connectivity index (χ2v) is 8.75. The molecule has 1 saturated heterocycles. The zero-order valence-corrected chi connectivity index (χ0v) is 17.0. The molecule has 0 aromatic carbocycles. The molecule has 0 spiro atoms. The molecule has 1 aliphatic heterocycles. The molecule has 3 rings (SSSR count). The fourth-order valence-corrected chi connectivity index (χ4v) is 5.41. The second kappa shape index (κ2) is 7.13. The molecule has 0 radical (unpaired) electrons. The van der Waals surface area contributed by atoms with Crippen LogP contribution < -0.4 is 0 Å². The minimum atomic E-state index is -3.50. The lowest BCUT2D eigenvalue weighted by Crippen LogP contribution is -2.48. The van der Waals surface area contributed by atoms with Crippen molar-refractivity contribution < 1.29 is 8.42 Å². The maximum atomic E-state index is 13.0. The Morgan fingerprint density at radius 2 is 1.73 bits per heavy atom. The Morgan fingerprint density at radius 1 is 1.08 bits per heavy atom. The smallest absolute Gasteiger partial charge is 0.246 e. The normalized spacial score (nSPS) is 17.1. The van der Waals surface area contributed by atoms with E-state index in [1.807, 2.05) is 10.9 Å². The Morgan fingerprint density at radius 3 is 2.23 bits per heavy atom. The zero-order valence-electron chi connectivity index (χ0n) is 16.2. The van der Waals surface area contributed by atoms with Crippen LogP contribution in [-0.2, 0) is 30.2 Å². The highest BCUT2D eigenvalue weighted by Crippen LogP contribution is 2.24. The molecule has 9 heteroatoms. The predicted octanol–water partition coefficient (Wildman–Crippen LogP) is 1.07. The van der Waals surface area contributed by atoms with Gasteiger partial charge >= 0.3 is 0 Å². The highest BCUT2D eigenvalue weighted by atomic mass is 32.2. The first-order valence-corrected chi connectivity index (χ1v) is 10.4. The summed E-state index contributed by atoms with van der Waals surface area (Å²) in [7, 11) is -1.72. The van der Waals surface area contributed by atoms with Gasteiger partial charge in [0.25, 0.3) is 0 Å². The third-order valence-electron chi connectivity index (χ3n) is 5.27. The largest absolute Gasteiger partial charge is 0.296 e. The second-order valence-electron chi connectivity index (χ2n) is 6.87. The van der Waals surface area contributed by atoms with E-state index in [2.05, 4.69) is 28.9 Å². The number of aromatic nitrogens is 4. The first-order valence-electron chi connectivity index (χ1n) is 8.99. The van der Waals surface area contributed by atoms with Gasteiger partial charge in [-0.2, -0.15) is 14.5 Å². The van der Waals surface area contributed by atoms with E-state index in [-0.39, 0.29) is 0 Å². The molecule has 26 heavy (non-hydrogen) atoms. The lowest BCUT2D eigenvalue weighted by atomic mass is 10.2. The van der Waals surface area contributed by atoms with Gasteiger partial charge in [-0.15, -0.1) is 0 Å². The molecule has 1 aliphatic rings. The van der Waals surface area contributed by atoms with Crippen molar-refractivity contribution in [3.05, 3.63) is 28.8 Å². The van der Waals surface area contributed by atoms with E-state index in [0.717, 1.165) is 13.1 Å². The van der Waals surface area contributed by atoms with E-state index < -0.39 is 10.0 Å². The quantitative estimate of drug-likeness (QED) is 0.775. The van der Waals surface area contributed by atoms with E-state index in [1.54, 1.807) is 29.9 Å². The van der Waals surface area contributed by atoms with Crippen LogP contribution in [0.5, 0.6) is 0 Å².